The first-order valence-corrected chi connectivity index (χ1v) is 7.10. The van der Waals surface area contributed by atoms with Crippen molar-refractivity contribution in [1.29, 1.82) is 0 Å². The van der Waals surface area contributed by atoms with Crippen molar-refractivity contribution >= 4 is 24.1 Å². The van der Waals surface area contributed by atoms with Crippen LogP contribution in [0.2, 0.25) is 0 Å². The number of aromatic carboxylic acids is 2. The van der Waals surface area contributed by atoms with E-state index in [0.29, 0.717) is 17.1 Å². The molecular formula is C15H12N6O5. The molecule has 132 valence electrons. The van der Waals surface area contributed by atoms with Crippen LogP contribution in [0.4, 0.5) is 5.95 Å². The molecule has 3 aromatic rings. The second-order valence-electron chi connectivity index (χ2n) is 5.04. The molecule has 0 saturated heterocycles. The first kappa shape index (κ1) is 16.7. The molecule has 11 nitrogen and oxygen atoms in total. The van der Waals surface area contributed by atoms with Crippen molar-refractivity contribution in [3.8, 4) is 11.3 Å². The summed E-state index contributed by atoms with van der Waals surface area (Å²) in [6.45, 7) is 0. The highest BCUT2D eigenvalue weighted by molar-refractivity contribution is 5.96. The number of aromatic nitrogens is 3. The van der Waals surface area contributed by atoms with Crippen molar-refractivity contribution in [1.82, 2.24) is 14.9 Å². The van der Waals surface area contributed by atoms with Crippen LogP contribution in [-0.2, 0) is 0 Å². The molecule has 0 aliphatic carbocycles. The molecular weight excluding hydrogens is 344 g/mol. The van der Waals surface area contributed by atoms with Crippen LogP contribution in [0.25, 0.3) is 11.3 Å². The Morgan fingerprint density at radius 1 is 1.19 bits per heavy atom. The number of hydrazone groups is 1. The van der Waals surface area contributed by atoms with E-state index in [1.807, 2.05) is 0 Å². The number of anilines is 1. The molecule has 5 N–H and O–H groups in total. The largest absolute Gasteiger partial charge is 0.478 e. The first-order valence-electron chi connectivity index (χ1n) is 7.10. The summed E-state index contributed by atoms with van der Waals surface area (Å²) in [5.74, 6) is 3.88. The second-order valence-corrected chi connectivity index (χ2v) is 5.04. The maximum Gasteiger partial charge on any atom is 0.335 e. The lowest BCUT2D eigenvalue weighted by molar-refractivity contribution is 0.0696. The molecule has 0 bridgehead atoms. The Kier molecular flexibility index (Phi) is 4.34. The van der Waals surface area contributed by atoms with E-state index in [2.05, 4.69) is 20.7 Å². The standard InChI is InChI=1S/C15H12N6O5/c16-21-7-18-20-15(21)19-17-6-11-1-2-12(26-11)8-3-9(13(22)23)5-10(4-8)14(24)25/h1-7H,16H2,(H,19,20)(H,22,23)(H,24,25). The summed E-state index contributed by atoms with van der Waals surface area (Å²) in [5, 5.41) is 29.4. The molecule has 0 amide bonds. The van der Waals surface area contributed by atoms with E-state index < -0.39 is 11.9 Å². The predicted octanol–water partition coefficient (Wildman–Crippen LogP) is 1.09. The van der Waals surface area contributed by atoms with E-state index in [1.54, 1.807) is 12.1 Å². The van der Waals surface area contributed by atoms with Crippen molar-refractivity contribution in [2.75, 3.05) is 11.3 Å². The third kappa shape index (κ3) is 3.51. The highest BCUT2D eigenvalue weighted by Gasteiger charge is 2.14. The smallest absolute Gasteiger partial charge is 0.335 e. The maximum atomic E-state index is 11.2. The molecule has 2 aromatic heterocycles. The number of benzene rings is 1. The Morgan fingerprint density at radius 3 is 2.46 bits per heavy atom. The van der Waals surface area contributed by atoms with Crippen LogP contribution in [0, 0.1) is 0 Å². The van der Waals surface area contributed by atoms with Gasteiger partial charge in [-0.2, -0.15) is 5.10 Å². The van der Waals surface area contributed by atoms with Crippen LogP contribution in [0.5, 0.6) is 0 Å². The Labute approximate surface area is 145 Å². The van der Waals surface area contributed by atoms with Crippen LogP contribution < -0.4 is 11.3 Å². The molecule has 0 spiro atoms. The fourth-order valence-electron chi connectivity index (χ4n) is 2.07. The number of hydrogen-bond donors (Lipinski definition) is 4. The fourth-order valence-corrected chi connectivity index (χ4v) is 2.07. The monoisotopic (exact) mass is 356 g/mol. The van der Waals surface area contributed by atoms with E-state index >= 15 is 0 Å². The number of furan rings is 1. The topological polar surface area (TPSA) is 169 Å². The summed E-state index contributed by atoms with van der Waals surface area (Å²) < 4.78 is 6.67. The van der Waals surface area contributed by atoms with Crippen LogP contribution in [0.15, 0.2) is 46.2 Å². The number of carboxylic acid groups (broad SMARTS) is 2. The van der Waals surface area contributed by atoms with Gasteiger partial charge >= 0.3 is 11.9 Å². The van der Waals surface area contributed by atoms with Crippen molar-refractivity contribution in [2.45, 2.75) is 0 Å². The van der Waals surface area contributed by atoms with E-state index in [-0.39, 0.29) is 17.1 Å². The molecule has 0 radical (unpaired) electrons. The third-order valence-corrected chi connectivity index (χ3v) is 3.27. The van der Waals surface area contributed by atoms with Gasteiger partial charge in [-0.3, -0.25) is 0 Å². The Balaban J connectivity index is 1.84. The number of nitrogen functional groups attached to an aromatic ring is 1. The molecule has 0 unspecified atom stereocenters. The number of nitrogens with one attached hydrogen (secondary N) is 1. The highest BCUT2D eigenvalue weighted by atomic mass is 16.4. The molecule has 11 heteroatoms. The van der Waals surface area contributed by atoms with Crippen molar-refractivity contribution < 1.29 is 24.2 Å². The van der Waals surface area contributed by atoms with E-state index in [4.69, 9.17) is 20.5 Å². The number of carbonyl (C=O) groups is 2. The van der Waals surface area contributed by atoms with E-state index in [0.717, 1.165) is 10.7 Å². The van der Waals surface area contributed by atoms with E-state index in [9.17, 15) is 9.59 Å². The molecule has 1 aromatic carbocycles. The average Bonchev–Trinajstić information content (AvgIpc) is 3.24. The van der Waals surface area contributed by atoms with Crippen LogP contribution in [0.1, 0.15) is 26.5 Å². The van der Waals surface area contributed by atoms with Crippen LogP contribution in [0.3, 0.4) is 0 Å². The zero-order chi connectivity index (χ0) is 18.7. The molecule has 0 fully saturated rings. The van der Waals surface area contributed by atoms with E-state index in [1.165, 1.54) is 24.7 Å². The molecule has 3 rings (SSSR count). The minimum atomic E-state index is -1.24. The van der Waals surface area contributed by atoms with Gasteiger partial charge in [0.15, 0.2) is 0 Å². The summed E-state index contributed by atoms with van der Waals surface area (Å²) in [4.78, 5) is 22.3. The summed E-state index contributed by atoms with van der Waals surface area (Å²) in [6.07, 6.45) is 2.63. The lowest BCUT2D eigenvalue weighted by Crippen LogP contribution is -2.10. The zero-order valence-electron chi connectivity index (χ0n) is 13.0. The number of nitrogens with zero attached hydrogens (tertiary/aromatic N) is 4. The van der Waals surface area contributed by atoms with Crippen molar-refractivity contribution in [3.05, 3.63) is 53.5 Å². The molecule has 0 aliphatic heterocycles. The number of hydrogen-bond acceptors (Lipinski definition) is 8. The average molecular weight is 356 g/mol. The van der Waals surface area contributed by atoms with Gasteiger partial charge in [0.1, 0.15) is 17.8 Å². The van der Waals surface area contributed by atoms with Gasteiger partial charge in [-0.25, -0.2) is 19.7 Å². The lowest BCUT2D eigenvalue weighted by Gasteiger charge is -2.03. The van der Waals surface area contributed by atoms with Gasteiger partial charge in [-0.05, 0) is 30.3 Å². The van der Waals surface area contributed by atoms with Crippen LogP contribution >= 0.6 is 0 Å². The fraction of sp³-hybridized carbons (Fsp3) is 0. The van der Waals surface area contributed by atoms with Gasteiger partial charge in [-0.15, -0.1) is 10.2 Å². The molecule has 2 heterocycles. The van der Waals surface area contributed by atoms with Gasteiger partial charge in [0.2, 0.25) is 0 Å². The Morgan fingerprint density at radius 2 is 1.88 bits per heavy atom. The van der Waals surface area contributed by atoms with Crippen molar-refractivity contribution in [3.63, 3.8) is 0 Å². The predicted molar refractivity (Wildman–Crippen MR) is 89.5 cm³/mol. The molecule has 0 saturated carbocycles. The van der Waals surface area contributed by atoms with Gasteiger partial charge in [0, 0.05) is 5.56 Å². The quantitative estimate of drug-likeness (QED) is 0.287. The number of carboxylic acids is 2. The minimum absolute atomic E-state index is 0.157. The summed E-state index contributed by atoms with van der Waals surface area (Å²) >= 11 is 0. The highest BCUT2D eigenvalue weighted by Crippen LogP contribution is 2.24. The summed E-state index contributed by atoms with van der Waals surface area (Å²) in [6, 6.07) is 6.88. The zero-order valence-corrected chi connectivity index (χ0v) is 13.0. The normalized spacial score (nSPS) is 10.9. The Hall–Kier alpha value is -4.15. The van der Waals surface area contributed by atoms with Gasteiger partial charge < -0.3 is 20.5 Å². The third-order valence-electron chi connectivity index (χ3n) is 3.27. The molecule has 0 aliphatic rings. The number of nitrogens with two attached hydrogens (primary N) is 1. The maximum absolute atomic E-state index is 11.2. The summed E-state index contributed by atoms with van der Waals surface area (Å²) in [7, 11) is 0. The molecule has 26 heavy (non-hydrogen) atoms. The first-order chi connectivity index (χ1) is 12.4. The van der Waals surface area contributed by atoms with Gasteiger partial charge in [0.05, 0.1) is 17.3 Å². The van der Waals surface area contributed by atoms with Gasteiger partial charge in [0.25, 0.3) is 5.95 Å². The lowest BCUT2D eigenvalue weighted by atomic mass is 10.0. The van der Waals surface area contributed by atoms with Crippen LogP contribution in [-0.4, -0.2) is 43.2 Å². The number of rotatable bonds is 6. The van der Waals surface area contributed by atoms with Crippen molar-refractivity contribution in [2.24, 2.45) is 5.10 Å². The molecule has 0 atom stereocenters. The minimum Gasteiger partial charge on any atom is -0.478 e. The Bertz CT molecular complexity index is 973. The van der Waals surface area contributed by atoms with Gasteiger partial charge in [-0.1, -0.05) is 0 Å². The SMILES string of the molecule is Nn1cnnc1NN=Cc1ccc(-c2cc(C(=O)O)cc(C(=O)O)c2)o1. The summed E-state index contributed by atoms with van der Waals surface area (Å²) in [5.41, 5.74) is 2.56. The second kappa shape index (κ2) is 6.76.